The number of alkyl halides is 3. The third kappa shape index (κ3) is 5.37. The smallest absolute Gasteiger partial charge is 0.316 e. The number of hydrogen-bond donors (Lipinski definition) is 1. The molecule has 0 bridgehead atoms. The van der Waals surface area contributed by atoms with Gasteiger partial charge in [-0.15, -0.1) is 0 Å². The molecule has 0 atom stereocenters. The summed E-state index contributed by atoms with van der Waals surface area (Å²) in [5.74, 6) is 0. The van der Waals surface area contributed by atoms with Gasteiger partial charge in [0.05, 0.1) is 6.54 Å². The largest absolute Gasteiger partial charge is 0.401 e. The highest BCUT2D eigenvalue weighted by Crippen LogP contribution is 2.22. The van der Waals surface area contributed by atoms with Crippen molar-refractivity contribution in [2.24, 2.45) is 0 Å². The van der Waals surface area contributed by atoms with Crippen molar-refractivity contribution in [3.8, 4) is 0 Å². The van der Waals surface area contributed by atoms with Gasteiger partial charge in [0.1, 0.15) is 0 Å². The summed E-state index contributed by atoms with van der Waals surface area (Å²) in [5.41, 5.74) is 1.94. The summed E-state index contributed by atoms with van der Waals surface area (Å²) < 4.78 is 37.5. The molecule has 2 nitrogen and oxygen atoms in total. The van der Waals surface area contributed by atoms with Crippen molar-refractivity contribution < 1.29 is 13.2 Å². The summed E-state index contributed by atoms with van der Waals surface area (Å²) in [6.07, 6.45) is -4.16. The van der Waals surface area contributed by atoms with E-state index in [0.717, 1.165) is 22.1 Å². The molecule has 0 unspecified atom stereocenters. The van der Waals surface area contributed by atoms with Crippen LogP contribution in [0.5, 0.6) is 0 Å². The number of benzene rings is 1. The third-order valence-electron chi connectivity index (χ3n) is 2.39. The molecule has 1 aromatic rings. The minimum atomic E-state index is -4.16. The quantitative estimate of drug-likeness (QED) is 0.895. The van der Waals surface area contributed by atoms with E-state index < -0.39 is 12.7 Å². The maximum atomic E-state index is 12.2. The van der Waals surface area contributed by atoms with E-state index in [1.54, 1.807) is 0 Å². The molecule has 0 spiro atoms. The van der Waals surface area contributed by atoms with Gasteiger partial charge < -0.3 is 5.32 Å². The Balaban J connectivity index is 2.67. The molecule has 0 aliphatic carbocycles. The van der Waals surface area contributed by atoms with Crippen LogP contribution in [-0.2, 0) is 13.1 Å². The Kier molecular flexibility index (Phi) is 5.62. The fraction of sp³-hybridized carbons (Fsp3) is 0.500. The molecular formula is C12H16BrF3N2. The molecule has 102 valence electrons. The average molecular weight is 325 g/mol. The third-order valence-corrected chi connectivity index (χ3v) is 3.13. The molecule has 0 fully saturated rings. The normalized spacial score (nSPS) is 12.2. The molecule has 0 amide bonds. The van der Waals surface area contributed by atoms with E-state index in [0.29, 0.717) is 0 Å². The predicted octanol–water partition coefficient (Wildman–Crippen LogP) is 3.16. The highest BCUT2D eigenvalue weighted by molar-refractivity contribution is 9.10. The highest BCUT2D eigenvalue weighted by atomic mass is 79.9. The van der Waals surface area contributed by atoms with Crippen LogP contribution in [0.15, 0.2) is 22.7 Å². The van der Waals surface area contributed by atoms with Gasteiger partial charge in [-0.2, -0.15) is 13.2 Å². The Labute approximate surface area is 113 Å². The number of nitrogens with zero attached hydrogens (tertiary/aromatic N) is 1. The average Bonchev–Trinajstić information content (AvgIpc) is 2.20. The molecule has 0 heterocycles. The Morgan fingerprint density at radius 1 is 1.33 bits per heavy atom. The van der Waals surface area contributed by atoms with Gasteiger partial charge in [-0.25, -0.2) is 0 Å². The molecule has 1 N–H and O–H groups in total. The van der Waals surface area contributed by atoms with Crippen LogP contribution in [0.4, 0.5) is 13.2 Å². The molecule has 6 heteroatoms. The zero-order valence-corrected chi connectivity index (χ0v) is 11.9. The summed E-state index contributed by atoms with van der Waals surface area (Å²) in [6, 6.07) is 5.69. The molecule has 0 aliphatic rings. The SMILES string of the molecule is CNCc1ccc(CN(C)CC(F)(F)F)c(Br)c1. The molecule has 18 heavy (non-hydrogen) atoms. The van der Waals surface area contributed by atoms with Crippen LogP contribution < -0.4 is 5.32 Å². The van der Waals surface area contributed by atoms with Crippen molar-refractivity contribution in [2.45, 2.75) is 19.3 Å². The van der Waals surface area contributed by atoms with Gasteiger partial charge in [0.25, 0.3) is 0 Å². The number of hydrogen-bond acceptors (Lipinski definition) is 2. The Hall–Kier alpha value is -0.590. The zero-order chi connectivity index (χ0) is 13.8. The highest BCUT2D eigenvalue weighted by Gasteiger charge is 2.29. The van der Waals surface area contributed by atoms with E-state index in [4.69, 9.17) is 0 Å². The van der Waals surface area contributed by atoms with E-state index in [1.165, 1.54) is 11.9 Å². The van der Waals surface area contributed by atoms with Gasteiger partial charge in [-0.1, -0.05) is 28.1 Å². The molecule has 1 aromatic carbocycles. The second-order valence-electron chi connectivity index (χ2n) is 4.24. The summed E-state index contributed by atoms with van der Waals surface area (Å²) in [4.78, 5) is 1.25. The molecule has 0 saturated carbocycles. The summed E-state index contributed by atoms with van der Waals surface area (Å²) in [7, 11) is 3.31. The maximum Gasteiger partial charge on any atom is 0.401 e. The molecule has 1 rings (SSSR count). The monoisotopic (exact) mass is 324 g/mol. The second-order valence-corrected chi connectivity index (χ2v) is 5.10. The van der Waals surface area contributed by atoms with Crippen LogP contribution in [0.1, 0.15) is 11.1 Å². The van der Waals surface area contributed by atoms with Crippen molar-refractivity contribution in [1.82, 2.24) is 10.2 Å². The summed E-state index contributed by atoms with van der Waals surface area (Å²) >= 11 is 3.39. The zero-order valence-electron chi connectivity index (χ0n) is 10.3. The number of nitrogens with one attached hydrogen (secondary N) is 1. The van der Waals surface area contributed by atoms with Crippen molar-refractivity contribution >= 4 is 15.9 Å². The molecule has 0 saturated heterocycles. The predicted molar refractivity (Wildman–Crippen MR) is 69.3 cm³/mol. The van der Waals surface area contributed by atoms with Crippen molar-refractivity contribution in [2.75, 3.05) is 20.6 Å². The lowest BCUT2D eigenvalue weighted by Gasteiger charge is -2.19. The number of rotatable bonds is 5. The van der Waals surface area contributed by atoms with Gasteiger partial charge >= 0.3 is 6.18 Å². The standard InChI is InChI=1S/C12H16BrF3N2/c1-17-6-9-3-4-10(11(13)5-9)7-18(2)8-12(14,15)16/h3-5,17H,6-8H2,1-2H3. The van der Waals surface area contributed by atoms with Crippen LogP contribution in [0, 0.1) is 0 Å². The van der Waals surface area contributed by atoms with Crippen LogP contribution in [0.25, 0.3) is 0 Å². The fourth-order valence-corrected chi connectivity index (χ4v) is 2.24. The van der Waals surface area contributed by atoms with Crippen LogP contribution in [-0.4, -0.2) is 31.7 Å². The van der Waals surface area contributed by atoms with Crippen molar-refractivity contribution in [3.05, 3.63) is 33.8 Å². The summed E-state index contributed by atoms with van der Waals surface area (Å²) in [6.45, 7) is 0.0922. The Morgan fingerprint density at radius 2 is 2.00 bits per heavy atom. The molecular weight excluding hydrogens is 309 g/mol. The minimum Gasteiger partial charge on any atom is -0.316 e. The van der Waals surface area contributed by atoms with E-state index in [2.05, 4.69) is 21.2 Å². The van der Waals surface area contributed by atoms with Crippen LogP contribution in [0.2, 0.25) is 0 Å². The van der Waals surface area contributed by atoms with Gasteiger partial charge in [0, 0.05) is 17.6 Å². The summed E-state index contributed by atoms with van der Waals surface area (Å²) in [5, 5.41) is 3.02. The maximum absolute atomic E-state index is 12.2. The Bertz CT molecular complexity index is 393. The minimum absolute atomic E-state index is 0.264. The van der Waals surface area contributed by atoms with Gasteiger partial charge in [0.2, 0.25) is 0 Å². The molecule has 0 radical (unpaired) electrons. The molecule has 0 aliphatic heterocycles. The lowest BCUT2D eigenvalue weighted by atomic mass is 10.1. The van der Waals surface area contributed by atoms with Gasteiger partial charge in [0.15, 0.2) is 0 Å². The van der Waals surface area contributed by atoms with Crippen LogP contribution >= 0.6 is 15.9 Å². The van der Waals surface area contributed by atoms with E-state index in [-0.39, 0.29) is 6.54 Å². The van der Waals surface area contributed by atoms with Crippen molar-refractivity contribution in [1.29, 1.82) is 0 Å². The lowest BCUT2D eigenvalue weighted by molar-refractivity contribution is -0.144. The first-order chi connectivity index (χ1) is 8.31. The van der Waals surface area contributed by atoms with Crippen molar-refractivity contribution in [3.63, 3.8) is 0 Å². The second kappa shape index (κ2) is 6.54. The Morgan fingerprint density at radius 3 is 2.50 bits per heavy atom. The number of halogens is 4. The lowest BCUT2D eigenvalue weighted by Crippen LogP contribution is -2.30. The topological polar surface area (TPSA) is 15.3 Å². The van der Waals surface area contributed by atoms with E-state index >= 15 is 0 Å². The van der Waals surface area contributed by atoms with E-state index in [9.17, 15) is 13.2 Å². The first-order valence-electron chi connectivity index (χ1n) is 5.49. The van der Waals surface area contributed by atoms with E-state index in [1.807, 2.05) is 25.2 Å². The van der Waals surface area contributed by atoms with Gasteiger partial charge in [-0.05, 0) is 31.3 Å². The first kappa shape index (κ1) is 15.5. The van der Waals surface area contributed by atoms with Gasteiger partial charge in [-0.3, -0.25) is 4.90 Å². The first-order valence-corrected chi connectivity index (χ1v) is 6.28. The van der Waals surface area contributed by atoms with Crippen LogP contribution in [0.3, 0.4) is 0 Å². The fourth-order valence-electron chi connectivity index (χ4n) is 1.69. The molecule has 0 aromatic heterocycles.